The van der Waals surface area contributed by atoms with Crippen LogP contribution < -0.4 is 0 Å². The molecular weight excluding hydrogens is 180 g/mol. The molecule has 0 amide bonds. The van der Waals surface area contributed by atoms with Gasteiger partial charge < -0.3 is 14.2 Å². The van der Waals surface area contributed by atoms with Crippen molar-refractivity contribution in [3.05, 3.63) is 25.3 Å². The lowest BCUT2D eigenvalue weighted by atomic mass is 10.6. The van der Waals surface area contributed by atoms with E-state index in [1.807, 2.05) is 0 Å². The summed E-state index contributed by atoms with van der Waals surface area (Å²) in [4.78, 5) is 0. The molecule has 1 atom stereocenters. The van der Waals surface area contributed by atoms with Gasteiger partial charge in [0.05, 0.1) is 39.1 Å². The first-order valence-corrected chi connectivity index (χ1v) is 4.80. The number of rotatable bonds is 4. The second kappa shape index (κ2) is 10.4. The van der Waals surface area contributed by atoms with Gasteiger partial charge in [-0.05, 0) is 6.92 Å². The normalized spacial score (nSPS) is 20.5. The Morgan fingerprint density at radius 3 is 1.79 bits per heavy atom. The van der Waals surface area contributed by atoms with E-state index >= 15 is 0 Å². The zero-order chi connectivity index (χ0) is 10.6. The molecule has 0 bridgehead atoms. The third kappa shape index (κ3) is 22.5. The van der Waals surface area contributed by atoms with Crippen LogP contribution in [0.2, 0.25) is 0 Å². The zero-order valence-electron chi connectivity index (χ0n) is 8.91. The molecule has 0 N–H and O–H groups in total. The Labute approximate surface area is 86.4 Å². The second-order valence-electron chi connectivity index (χ2n) is 2.87. The van der Waals surface area contributed by atoms with Gasteiger partial charge in [-0.2, -0.15) is 0 Å². The standard InChI is InChI=1S/C6H10O.C3H6O.C2H4O/c1-3-5-7-6-4-2;1-3-2-4-3;1-2-3-1/h3-4H,1-2,5-6H2;3H,2H2,1H3;1-2H2. The Bertz CT molecular complexity index is 129. The van der Waals surface area contributed by atoms with Gasteiger partial charge in [-0.1, -0.05) is 12.2 Å². The second-order valence-corrected chi connectivity index (χ2v) is 2.87. The number of hydrogen-bond acceptors (Lipinski definition) is 3. The van der Waals surface area contributed by atoms with Crippen LogP contribution >= 0.6 is 0 Å². The molecule has 0 saturated carbocycles. The van der Waals surface area contributed by atoms with Crippen LogP contribution in [0.5, 0.6) is 0 Å². The predicted octanol–water partition coefficient (Wildman–Crippen LogP) is 1.80. The van der Waals surface area contributed by atoms with Crippen LogP contribution in [0, 0.1) is 0 Å². The fourth-order valence-electron chi connectivity index (χ4n) is 0.331. The van der Waals surface area contributed by atoms with Crippen LogP contribution in [0.3, 0.4) is 0 Å². The third-order valence-corrected chi connectivity index (χ3v) is 1.18. The minimum absolute atomic E-state index is 0.583. The van der Waals surface area contributed by atoms with Crippen LogP contribution in [0.25, 0.3) is 0 Å². The summed E-state index contributed by atoms with van der Waals surface area (Å²) >= 11 is 0. The van der Waals surface area contributed by atoms with E-state index in [0.29, 0.717) is 19.3 Å². The summed E-state index contributed by atoms with van der Waals surface area (Å²) in [6.07, 6.45) is 4.01. The van der Waals surface area contributed by atoms with Crippen LogP contribution in [0.1, 0.15) is 6.92 Å². The molecule has 2 rings (SSSR count). The van der Waals surface area contributed by atoms with Gasteiger partial charge in [-0.15, -0.1) is 13.2 Å². The monoisotopic (exact) mass is 200 g/mol. The van der Waals surface area contributed by atoms with Gasteiger partial charge in [0.1, 0.15) is 0 Å². The molecule has 3 nitrogen and oxygen atoms in total. The highest BCUT2D eigenvalue weighted by atomic mass is 16.6. The molecule has 3 heteroatoms. The minimum Gasteiger partial charge on any atom is -0.377 e. The van der Waals surface area contributed by atoms with E-state index in [9.17, 15) is 0 Å². The lowest BCUT2D eigenvalue weighted by Crippen LogP contribution is -1.87. The predicted molar refractivity (Wildman–Crippen MR) is 57.4 cm³/mol. The first-order valence-electron chi connectivity index (χ1n) is 4.80. The van der Waals surface area contributed by atoms with Crippen LogP contribution in [-0.4, -0.2) is 39.1 Å². The molecular formula is C11H20O3. The molecule has 0 aromatic heterocycles. The molecule has 0 aromatic carbocycles. The van der Waals surface area contributed by atoms with Gasteiger partial charge >= 0.3 is 0 Å². The Hall–Kier alpha value is -0.640. The highest BCUT2D eigenvalue weighted by molar-refractivity contribution is 4.68. The van der Waals surface area contributed by atoms with E-state index in [4.69, 9.17) is 9.47 Å². The van der Waals surface area contributed by atoms with Crippen molar-refractivity contribution < 1.29 is 14.2 Å². The molecule has 2 saturated heterocycles. The summed E-state index contributed by atoms with van der Waals surface area (Å²) in [5.74, 6) is 0. The largest absolute Gasteiger partial charge is 0.377 e. The van der Waals surface area contributed by atoms with E-state index in [-0.39, 0.29) is 0 Å². The molecule has 2 aliphatic rings. The van der Waals surface area contributed by atoms with Gasteiger partial charge in [0.25, 0.3) is 0 Å². The van der Waals surface area contributed by atoms with E-state index < -0.39 is 0 Å². The van der Waals surface area contributed by atoms with Crippen LogP contribution in [0.15, 0.2) is 25.3 Å². The van der Waals surface area contributed by atoms with E-state index in [2.05, 4.69) is 24.8 Å². The van der Waals surface area contributed by atoms with Crippen molar-refractivity contribution in [2.75, 3.05) is 33.0 Å². The van der Waals surface area contributed by atoms with Crippen molar-refractivity contribution in [1.82, 2.24) is 0 Å². The van der Waals surface area contributed by atoms with Crippen molar-refractivity contribution >= 4 is 0 Å². The molecule has 0 aliphatic carbocycles. The minimum atomic E-state index is 0.583. The molecule has 0 aromatic rings. The summed E-state index contributed by atoms with van der Waals surface area (Å²) in [5.41, 5.74) is 0. The molecule has 2 aliphatic heterocycles. The van der Waals surface area contributed by atoms with Gasteiger partial charge in [0, 0.05) is 0 Å². The summed E-state index contributed by atoms with van der Waals surface area (Å²) in [6, 6.07) is 0. The quantitative estimate of drug-likeness (QED) is 0.394. The van der Waals surface area contributed by atoms with Gasteiger partial charge in [0.15, 0.2) is 0 Å². The van der Waals surface area contributed by atoms with E-state index in [0.717, 1.165) is 19.8 Å². The SMILES string of the molecule is C1CO1.C=CCOCC=C.CC1CO1. The topological polar surface area (TPSA) is 34.3 Å². The van der Waals surface area contributed by atoms with Crippen LogP contribution in [-0.2, 0) is 14.2 Å². The summed E-state index contributed by atoms with van der Waals surface area (Å²) in [5, 5.41) is 0. The lowest BCUT2D eigenvalue weighted by Gasteiger charge is -1.89. The number of epoxide rings is 2. The van der Waals surface area contributed by atoms with E-state index in [1.165, 1.54) is 0 Å². The molecule has 0 radical (unpaired) electrons. The zero-order valence-corrected chi connectivity index (χ0v) is 8.91. The molecule has 82 valence electrons. The maximum atomic E-state index is 4.90. The van der Waals surface area contributed by atoms with Crippen molar-refractivity contribution in [3.63, 3.8) is 0 Å². The van der Waals surface area contributed by atoms with Crippen molar-refractivity contribution in [1.29, 1.82) is 0 Å². The maximum absolute atomic E-state index is 4.90. The molecule has 1 unspecified atom stereocenters. The fraction of sp³-hybridized carbons (Fsp3) is 0.636. The average molecular weight is 200 g/mol. The van der Waals surface area contributed by atoms with E-state index in [1.54, 1.807) is 12.2 Å². The van der Waals surface area contributed by atoms with Gasteiger partial charge in [-0.3, -0.25) is 0 Å². The van der Waals surface area contributed by atoms with Crippen LogP contribution in [0.4, 0.5) is 0 Å². The number of hydrogen-bond donors (Lipinski definition) is 0. The number of ether oxygens (including phenoxy) is 3. The fourth-order valence-corrected chi connectivity index (χ4v) is 0.331. The first-order chi connectivity index (χ1) is 6.81. The molecule has 2 heterocycles. The Kier molecular flexibility index (Phi) is 9.96. The molecule has 2 fully saturated rings. The highest BCUT2D eigenvalue weighted by Gasteiger charge is 2.13. The summed E-state index contributed by atoms with van der Waals surface area (Å²) in [6.45, 7) is 13.2. The maximum Gasteiger partial charge on any atom is 0.0781 e. The highest BCUT2D eigenvalue weighted by Crippen LogP contribution is 2.04. The Morgan fingerprint density at radius 2 is 1.64 bits per heavy atom. The molecule has 14 heavy (non-hydrogen) atoms. The Morgan fingerprint density at radius 1 is 1.29 bits per heavy atom. The van der Waals surface area contributed by atoms with Crippen molar-refractivity contribution in [2.24, 2.45) is 0 Å². The summed E-state index contributed by atoms with van der Waals surface area (Å²) < 4.78 is 14.1. The smallest absolute Gasteiger partial charge is 0.0781 e. The average Bonchev–Trinajstić information content (AvgIpc) is 3.01. The van der Waals surface area contributed by atoms with Crippen molar-refractivity contribution in [3.8, 4) is 0 Å². The third-order valence-electron chi connectivity index (χ3n) is 1.18. The molecule has 0 spiro atoms. The first kappa shape index (κ1) is 13.4. The lowest BCUT2D eigenvalue weighted by molar-refractivity contribution is 0.194. The van der Waals surface area contributed by atoms with Gasteiger partial charge in [-0.25, -0.2) is 0 Å². The van der Waals surface area contributed by atoms with Crippen molar-refractivity contribution in [2.45, 2.75) is 13.0 Å². The van der Waals surface area contributed by atoms with Gasteiger partial charge in [0.2, 0.25) is 0 Å². The Balaban J connectivity index is 0.000000199. The summed E-state index contributed by atoms with van der Waals surface area (Å²) in [7, 11) is 0.